The van der Waals surface area contributed by atoms with Gasteiger partial charge in [0.25, 0.3) is 0 Å². The zero-order valence-electron chi connectivity index (χ0n) is 11.0. The minimum atomic E-state index is 0.0664. The minimum absolute atomic E-state index is 0.0664. The van der Waals surface area contributed by atoms with Crippen molar-refractivity contribution in [3.63, 3.8) is 0 Å². The molecule has 1 aliphatic heterocycles. The SMILES string of the molecule is C[C@@H](N)c1ccccc1N1CCN(CCO)CC1. The molecule has 0 saturated carbocycles. The molecule has 0 amide bonds. The first kappa shape index (κ1) is 13.3. The summed E-state index contributed by atoms with van der Waals surface area (Å²) in [6.07, 6.45) is 0. The van der Waals surface area contributed by atoms with Crippen molar-refractivity contribution in [2.24, 2.45) is 5.73 Å². The van der Waals surface area contributed by atoms with Crippen molar-refractivity contribution >= 4 is 5.69 Å². The fraction of sp³-hybridized carbons (Fsp3) is 0.571. The Bertz CT molecular complexity index is 373. The Morgan fingerprint density at radius 1 is 1.22 bits per heavy atom. The molecule has 2 rings (SSSR count). The van der Waals surface area contributed by atoms with E-state index in [0.717, 1.165) is 32.7 Å². The quantitative estimate of drug-likeness (QED) is 0.829. The van der Waals surface area contributed by atoms with Crippen LogP contribution in [0.3, 0.4) is 0 Å². The monoisotopic (exact) mass is 249 g/mol. The van der Waals surface area contributed by atoms with Crippen molar-refractivity contribution in [2.75, 3.05) is 44.2 Å². The predicted molar refractivity (Wildman–Crippen MR) is 74.8 cm³/mol. The van der Waals surface area contributed by atoms with Gasteiger partial charge >= 0.3 is 0 Å². The van der Waals surface area contributed by atoms with E-state index in [9.17, 15) is 0 Å². The summed E-state index contributed by atoms with van der Waals surface area (Å²) < 4.78 is 0. The Morgan fingerprint density at radius 2 is 1.89 bits per heavy atom. The Labute approximate surface area is 109 Å². The zero-order chi connectivity index (χ0) is 13.0. The molecular weight excluding hydrogens is 226 g/mol. The number of hydrogen-bond donors (Lipinski definition) is 2. The number of nitrogens with zero attached hydrogens (tertiary/aromatic N) is 2. The fourth-order valence-corrected chi connectivity index (χ4v) is 2.51. The molecule has 0 aromatic heterocycles. The maximum atomic E-state index is 8.95. The van der Waals surface area contributed by atoms with Crippen LogP contribution in [0.5, 0.6) is 0 Å². The fourth-order valence-electron chi connectivity index (χ4n) is 2.51. The van der Waals surface area contributed by atoms with Crippen LogP contribution in [0.2, 0.25) is 0 Å². The molecule has 1 fully saturated rings. The summed E-state index contributed by atoms with van der Waals surface area (Å²) in [4.78, 5) is 4.69. The molecule has 0 radical (unpaired) electrons. The van der Waals surface area contributed by atoms with Crippen LogP contribution in [0.1, 0.15) is 18.5 Å². The summed E-state index contributed by atoms with van der Waals surface area (Å²) in [5, 5.41) is 8.95. The molecule has 1 aromatic rings. The van der Waals surface area contributed by atoms with Gasteiger partial charge in [-0.05, 0) is 18.6 Å². The van der Waals surface area contributed by atoms with Crippen molar-refractivity contribution in [2.45, 2.75) is 13.0 Å². The van der Waals surface area contributed by atoms with Crippen LogP contribution in [0.25, 0.3) is 0 Å². The average Bonchev–Trinajstić information content (AvgIpc) is 2.40. The molecule has 100 valence electrons. The highest BCUT2D eigenvalue weighted by atomic mass is 16.3. The Balaban J connectivity index is 2.05. The van der Waals surface area contributed by atoms with Crippen molar-refractivity contribution in [3.05, 3.63) is 29.8 Å². The number of hydrogen-bond acceptors (Lipinski definition) is 4. The van der Waals surface area contributed by atoms with Crippen molar-refractivity contribution < 1.29 is 5.11 Å². The van der Waals surface area contributed by atoms with E-state index in [1.54, 1.807) is 0 Å². The standard InChI is InChI=1S/C14H23N3O/c1-12(15)13-4-2-3-5-14(13)17-8-6-16(7-9-17)10-11-18/h2-5,12,18H,6-11,15H2,1H3/t12-/m1/s1. The third kappa shape index (κ3) is 3.02. The highest BCUT2D eigenvalue weighted by molar-refractivity contribution is 5.55. The molecular formula is C14H23N3O. The van der Waals surface area contributed by atoms with E-state index in [2.05, 4.69) is 28.0 Å². The van der Waals surface area contributed by atoms with Crippen LogP contribution >= 0.6 is 0 Å². The van der Waals surface area contributed by atoms with E-state index in [-0.39, 0.29) is 12.6 Å². The number of rotatable bonds is 4. The summed E-state index contributed by atoms with van der Waals surface area (Å²) in [6, 6.07) is 8.45. The van der Waals surface area contributed by atoms with Crippen LogP contribution < -0.4 is 10.6 Å². The summed E-state index contributed by atoms with van der Waals surface area (Å²) >= 11 is 0. The summed E-state index contributed by atoms with van der Waals surface area (Å²) in [5.74, 6) is 0. The van der Waals surface area contributed by atoms with E-state index in [1.165, 1.54) is 11.3 Å². The number of benzene rings is 1. The molecule has 4 nitrogen and oxygen atoms in total. The first-order valence-corrected chi connectivity index (χ1v) is 6.65. The second-order valence-corrected chi connectivity index (χ2v) is 4.90. The largest absolute Gasteiger partial charge is 0.395 e. The Morgan fingerprint density at radius 3 is 2.50 bits per heavy atom. The first-order valence-electron chi connectivity index (χ1n) is 6.65. The maximum absolute atomic E-state index is 8.95. The molecule has 3 N–H and O–H groups in total. The lowest BCUT2D eigenvalue weighted by Crippen LogP contribution is -2.47. The van der Waals surface area contributed by atoms with E-state index in [1.807, 2.05) is 13.0 Å². The molecule has 1 aliphatic rings. The van der Waals surface area contributed by atoms with Crippen LogP contribution in [-0.4, -0.2) is 49.3 Å². The lowest BCUT2D eigenvalue weighted by Gasteiger charge is -2.37. The number of piperazine rings is 1. The summed E-state index contributed by atoms with van der Waals surface area (Å²) in [5.41, 5.74) is 8.50. The van der Waals surface area contributed by atoms with E-state index in [4.69, 9.17) is 10.8 Å². The number of β-amino-alcohol motifs (C(OH)–C–C–N with tert-alkyl or cyclic N) is 1. The van der Waals surface area contributed by atoms with Gasteiger partial charge in [0.2, 0.25) is 0 Å². The number of aliphatic hydroxyl groups is 1. The molecule has 4 heteroatoms. The molecule has 1 saturated heterocycles. The van der Waals surface area contributed by atoms with Crippen LogP contribution in [-0.2, 0) is 0 Å². The Hall–Kier alpha value is -1.10. The van der Waals surface area contributed by atoms with Gasteiger partial charge in [-0.25, -0.2) is 0 Å². The van der Waals surface area contributed by atoms with E-state index < -0.39 is 0 Å². The lowest BCUT2D eigenvalue weighted by molar-refractivity contribution is 0.188. The van der Waals surface area contributed by atoms with Gasteiger partial charge in [-0.1, -0.05) is 18.2 Å². The van der Waals surface area contributed by atoms with Gasteiger partial charge in [0.15, 0.2) is 0 Å². The molecule has 1 atom stereocenters. The van der Waals surface area contributed by atoms with Gasteiger partial charge in [-0.15, -0.1) is 0 Å². The summed E-state index contributed by atoms with van der Waals surface area (Å²) in [7, 11) is 0. The molecule has 0 aliphatic carbocycles. The molecule has 0 spiro atoms. The van der Waals surface area contributed by atoms with Gasteiger partial charge in [0, 0.05) is 44.5 Å². The van der Waals surface area contributed by atoms with Gasteiger partial charge in [0.1, 0.15) is 0 Å². The van der Waals surface area contributed by atoms with Gasteiger partial charge in [0.05, 0.1) is 6.61 Å². The molecule has 0 bridgehead atoms. The normalized spacial score (nSPS) is 18.9. The number of para-hydroxylation sites is 1. The molecule has 1 heterocycles. The number of nitrogens with two attached hydrogens (primary N) is 1. The van der Waals surface area contributed by atoms with Crippen molar-refractivity contribution in [1.82, 2.24) is 4.90 Å². The zero-order valence-corrected chi connectivity index (χ0v) is 11.0. The molecule has 18 heavy (non-hydrogen) atoms. The van der Waals surface area contributed by atoms with Gasteiger partial charge in [-0.2, -0.15) is 0 Å². The summed E-state index contributed by atoms with van der Waals surface area (Å²) in [6.45, 7) is 7.08. The third-order valence-corrected chi connectivity index (χ3v) is 3.56. The number of anilines is 1. The van der Waals surface area contributed by atoms with Gasteiger partial charge in [-0.3, -0.25) is 4.90 Å². The van der Waals surface area contributed by atoms with Crippen LogP contribution in [0, 0.1) is 0 Å². The third-order valence-electron chi connectivity index (χ3n) is 3.56. The highest BCUT2D eigenvalue weighted by Crippen LogP contribution is 2.25. The van der Waals surface area contributed by atoms with Crippen LogP contribution in [0.15, 0.2) is 24.3 Å². The molecule has 0 unspecified atom stereocenters. The maximum Gasteiger partial charge on any atom is 0.0558 e. The van der Waals surface area contributed by atoms with Crippen LogP contribution in [0.4, 0.5) is 5.69 Å². The topological polar surface area (TPSA) is 52.7 Å². The lowest BCUT2D eigenvalue weighted by atomic mass is 10.1. The second-order valence-electron chi connectivity index (χ2n) is 4.90. The first-order chi connectivity index (χ1) is 8.72. The predicted octanol–water partition coefficient (Wildman–Crippen LogP) is 0.821. The second kappa shape index (κ2) is 6.18. The van der Waals surface area contributed by atoms with Crippen molar-refractivity contribution in [3.8, 4) is 0 Å². The van der Waals surface area contributed by atoms with E-state index >= 15 is 0 Å². The van der Waals surface area contributed by atoms with E-state index in [0.29, 0.717) is 0 Å². The van der Waals surface area contributed by atoms with Gasteiger partial charge < -0.3 is 15.7 Å². The molecule has 1 aromatic carbocycles. The minimum Gasteiger partial charge on any atom is -0.395 e. The number of aliphatic hydroxyl groups excluding tert-OH is 1. The van der Waals surface area contributed by atoms with Crippen molar-refractivity contribution in [1.29, 1.82) is 0 Å². The highest BCUT2D eigenvalue weighted by Gasteiger charge is 2.19. The Kier molecular flexibility index (Phi) is 4.58. The smallest absolute Gasteiger partial charge is 0.0558 e. The average molecular weight is 249 g/mol.